The number of alkyl halides is 1. The Hall–Kier alpha value is -2.31. The smallest absolute Gasteiger partial charge is 0.273 e. The van der Waals surface area contributed by atoms with Gasteiger partial charge in [-0.3, -0.25) is 14.7 Å². The van der Waals surface area contributed by atoms with E-state index in [0.717, 1.165) is 38.4 Å². The van der Waals surface area contributed by atoms with Gasteiger partial charge in [-0.05, 0) is 17.7 Å². The van der Waals surface area contributed by atoms with Gasteiger partial charge in [-0.2, -0.15) is 0 Å². The molecule has 0 bridgehead atoms. The van der Waals surface area contributed by atoms with Crippen molar-refractivity contribution in [1.29, 1.82) is 0 Å². The van der Waals surface area contributed by atoms with E-state index in [1.54, 1.807) is 36.5 Å². The molecule has 1 unspecified atom stereocenters. The molecule has 1 saturated heterocycles. The normalized spacial score (nSPS) is 23.8. The molecule has 2 aromatic rings. The Morgan fingerprint density at radius 1 is 1.21 bits per heavy atom. The molecular weight excluding hydrogens is 309 g/mol. The zero-order valence-corrected chi connectivity index (χ0v) is 13.2. The van der Waals surface area contributed by atoms with Gasteiger partial charge in [0.2, 0.25) is 0 Å². The largest absolute Gasteiger partial charge is 0.379 e. The molecule has 4 rings (SSSR count). The molecule has 2 aliphatic rings. The van der Waals surface area contributed by atoms with Crippen molar-refractivity contribution in [2.24, 2.45) is 0 Å². The van der Waals surface area contributed by atoms with E-state index in [4.69, 9.17) is 4.74 Å². The summed E-state index contributed by atoms with van der Waals surface area (Å²) in [6.07, 6.45) is 1.65. The summed E-state index contributed by atoms with van der Waals surface area (Å²) >= 11 is 0. The van der Waals surface area contributed by atoms with Crippen LogP contribution in [0.1, 0.15) is 16.8 Å². The van der Waals surface area contributed by atoms with Crippen LogP contribution in [-0.2, 0) is 21.7 Å². The van der Waals surface area contributed by atoms with Gasteiger partial charge < -0.3 is 10.1 Å². The minimum absolute atomic E-state index is 0.121. The molecule has 0 radical (unpaired) electrons. The highest BCUT2D eigenvalue weighted by Crippen LogP contribution is 2.43. The van der Waals surface area contributed by atoms with Gasteiger partial charge in [-0.15, -0.1) is 0 Å². The average molecular weight is 327 g/mol. The first-order valence-electron chi connectivity index (χ1n) is 8.03. The number of hydrogen-bond acceptors (Lipinski definition) is 4. The Bertz CT molecular complexity index is 759. The maximum atomic E-state index is 15.5. The Morgan fingerprint density at radius 2 is 2.00 bits per heavy atom. The molecule has 1 aromatic carbocycles. The van der Waals surface area contributed by atoms with Crippen LogP contribution in [-0.4, -0.2) is 42.1 Å². The molecule has 0 spiro atoms. The van der Waals surface area contributed by atoms with Crippen molar-refractivity contribution in [3.05, 3.63) is 59.4 Å². The molecule has 124 valence electrons. The number of nitrogens with one attached hydrogen (secondary N) is 1. The third kappa shape index (κ3) is 2.48. The number of aromatic nitrogens is 1. The SMILES string of the molecule is O=C1Nc2ccccc2C1(F)c1ccc(CN2CCOCC2)cn1. The summed E-state index contributed by atoms with van der Waals surface area (Å²) in [7, 11) is 0. The summed E-state index contributed by atoms with van der Waals surface area (Å²) in [6.45, 7) is 3.97. The van der Waals surface area contributed by atoms with E-state index in [9.17, 15) is 4.79 Å². The zero-order chi connectivity index (χ0) is 16.6. The van der Waals surface area contributed by atoms with Gasteiger partial charge in [0.1, 0.15) is 0 Å². The highest BCUT2D eigenvalue weighted by Gasteiger charge is 2.50. The molecule has 1 aromatic heterocycles. The fraction of sp³-hybridized carbons (Fsp3) is 0.333. The number of morpholine rings is 1. The van der Waals surface area contributed by atoms with Crippen LogP contribution in [0.5, 0.6) is 0 Å². The molecule has 2 aliphatic heterocycles. The van der Waals surface area contributed by atoms with E-state index in [2.05, 4.69) is 15.2 Å². The van der Waals surface area contributed by atoms with Crippen LogP contribution in [0.2, 0.25) is 0 Å². The molecular formula is C18H18FN3O2. The number of carbonyl (C=O) groups is 1. The number of ether oxygens (including phenoxy) is 1. The van der Waals surface area contributed by atoms with Crippen LogP contribution >= 0.6 is 0 Å². The Morgan fingerprint density at radius 3 is 2.75 bits per heavy atom. The van der Waals surface area contributed by atoms with Gasteiger partial charge in [0, 0.05) is 37.1 Å². The third-order valence-corrected chi connectivity index (χ3v) is 4.55. The third-order valence-electron chi connectivity index (χ3n) is 4.55. The van der Waals surface area contributed by atoms with Crippen LogP contribution in [0.25, 0.3) is 0 Å². The van der Waals surface area contributed by atoms with Crippen LogP contribution in [0.3, 0.4) is 0 Å². The predicted molar refractivity (Wildman–Crippen MR) is 87.3 cm³/mol. The quantitative estimate of drug-likeness (QED) is 0.938. The molecule has 1 N–H and O–H groups in total. The van der Waals surface area contributed by atoms with Crippen molar-refractivity contribution in [3.8, 4) is 0 Å². The maximum Gasteiger partial charge on any atom is 0.273 e. The van der Waals surface area contributed by atoms with Gasteiger partial charge in [0.25, 0.3) is 11.6 Å². The Balaban J connectivity index is 1.59. The molecule has 3 heterocycles. The second-order valence-corrected chi connectivity index (χ2v) is 6.10. The number of rotatable bonds is 3. The molecule has 24 heavy (non-hydrogen) atoms. The van der Waals surface area contributed by atoms with E-state index < -0.39 is 11.6 Å². The van der Waals surface area contributed by atoms with E-state index in [0.29, 0.717) is 11.3 Å². The second-order valence-electron chi connectivity index (χ2n) is 6.10. The van der Waals surface area contributed by atoms with Crippen LogP contribution in [0, 0.1) is 0 Å². The summed E-state index contributed by atoms with van der Waals surface area (Å²) < 4.78 is 20.9. The van der Waals surface area contributed by atoms with E-state index in [1.807, 2.05) is 6.07 Å². The average Bonchev–Trinajstić information content (AvgIpc) is 2.88. The minimum atomic E-state index is -2.23. The van der Waals surface area contributed by atoms with E-state index in [1.165, 1.54) is 0 Å². The van der Waals surface area contributed by atoms with Gasteiger partial charge in [0.05, 0.1) is 18.9 Å². The number of amides is 1. The number of nitrogens with zero attached hydrogens (tertiary/aromatic N) is 2. The lowest BCUT2D eigenvalue weighted by molar-refractivity contribution is -0.124. The second kappa shape index (κ2) is 5.96. The lowest BCUT2D eigenvalue weighted by Crippen LogP contribution is -2.35. The molecule has 5 nitrogen and oxygen atoms in total. The van der Waals surface area contributed by atoms with Crippen molar-refractivity contribution in [2.45, 2.75) is 12.2 Å². The zero-order valence-electron chi connectivity index (χ0n) is 13.2. The molecule has 1 fully saturated rings. The monoisotopic (exact) mass is 327 g/mol. The first kappa shape index (κ1) is 15.2. The number of anilines is 1. The first-order chi connectivity index (χ1) is 11.7. The van der Waals surface area contributed by atoms with Crippen LogP contribution < -0.4 is 5.32 Å². The molecule has 0 saturated carbocycles. The molecule has 1 amide bonds. The Labute approximate surface area is 139 Å². The molecule has 6 heteroatoms. The number of para-hydroxylation sites is 1. The summed E-state index contributed by atoms with van der Waals surface area (Å²) in [5.74, 6) is -0.683. The molecule has 0 aliphatic carbocycles. The standard InChI is InChI=1S/C18H18FN3O2/c19-18(14-3-1-2-4-15(14)21-17(18)23)16-6-5-13(11-20-16)12-22-7-9-24-10-8-22/h1-6,11H,7-10,12H2,(H,21,23). The summed E-state index contributed by atoms with van der Waals surface area (Å²) in [5.41, 5.74) is -0.284. The van der Waals surface area contributed by atoms with Gasteiger partial charge >= 0.3 is 0 Å². The fourth-order valence-electron chi connectivity index (χ4n) is 3.22. The van der Waals surface area contributed by atoms with Crippen molar-refractivity contribution in [1.82, 2.24) is 9.88 Å². The summed E-state index contributed by atoms with van der Waals surface area (Å²) in [4.78, 5) is 18.7. The van der Waals surface area contributed by atoms with Gasteiger partial charge in [0.15, 0.2) is 0 Å². The topological polar surface area (TPSA) is 54.5 Å². The fourth-order valence-corrected chi connectivity index (χ4v) is 3.22. The van der Waals surface area contributed by atoms with E-state index >= 15 is 4.39 Å². The number of benzene rings is 1. The van der Waals surface area contributed by atoms with Crippen molar-refractivity contribution in [2.75, 3.05) is 31.6 Å². The first-order valence-corrected chi connectivity index (χ1v) is 8.03. The van der Waals surface area contributed by atoms with Crippen LogP contribution in [0.15, 0.2) is 42.6 Å². The minimum Gasteiger partial charge on any atom is -0.379 e. The van der Waals surface area contributed by atoms with Gasteiger partial charge in [-0.25, -0.2) is 4.39 Å². The summed E-state index contributed by atoms with van der Waals surface area (Å²) in [6, 6.07) is 10.3. The number of fused-ring (bicyclic) bond motifs is 1. The molecule has 1 atom stereocenters. The Kier molecular flexibility index (Phi) is 3.78. The van der Waals surface area contributed by atoms with Crippen molar-refractivity contribution in [3.63, 3.8) is 0 Å². The predicted octanol–water partition coefficient (Wildman–Crippen LogP) is 2.08. The number of carbonyl (C=O) groups excluding carboxylic acids is 1. The maximum absolute atomic E-state index is 15.5. The number of pyridine rings is 1. The highest BCUT2D eigenvalue weighted by atomic mass is 19.1. The highest BCUT2D eigenvalue weighted by molar-refractivity contribution is 6.07. The summed E-state index contributed by atoms with van der Waals surface area (Å²) in [5, 5.41) is 2.59. The van der Waals surface area contributed by atoms with Crippen molar-refractivity contribution < 1.29 is 13.9 Å². The number of halogens is 1. The van der Waals surface area contributed by atoms with Crippen LogP contribution in [0.4, 0.5) is 10.1 Å². The van der Waals surface area contributed by atoms with Crippen molar-refractivity contribution >= 4 is 11.6 Å². The lowest BCUT2D eigenvalue weighted by Gasteiger charge is -2.26. The number of hydrogen-bond donors (Lipinski definition) is 1. The van der Waals surface area contributed by atoms with Gasteiger partial charge in [-0.1, -0.05) is 24.3 Å². The van der Waals surface area contributed by atoms with E-state index in [-0.39, 0.29) is 5.69 Å². The lowest BCUT2D eigenvalue weighted by atomic mass is 9.93.